The second-order valence-corrected chi connectivity index (χ2v) is 23.2. The molecule has 0 spiro atoms. The molecule has 2 aromatic carbocycles. The van der Waals surface area contributed by atoms with Crippen LogP contribution in [0.2, 0.25) is 0 Å². The van der Waals surface area contributed by atoms with Crippen molar-refractivity contribution in [3.63, 3.8) is 0 Å². The number of aromatic nitrogens is 2. The zero-order valence-electron chi connectivity index (χ0n) is 45.6. The number of likely N-dealkylation sites (tertiary alicyclic amines) is 2. The van der Waals surface area contributed by atoms with Crippen molar-refractivity contribution in [1.29, 1.82) is 0 Å². The molecule has 3 unspecified atom stereocenters. The molecule has 0 radical (unpaired) electrons. The SMILES string of the molecule is COC(=O)NC(C(=O)N1CCC[C@H]1C1=NC=C(c2ccc3c(c2)cc2n3C(c3cnc(C4CCOCC4)s3)Oc3cc(C4=CN=C([C@@H]5CCCN5C(=O)[C@@H](NC(=O)OC)C(C)C)C4)cc(F)c3-2)C1)C1CCOC(C)(C)C1.S.S.S. The lowest BCUT2D eigenvalue weighted by Gasteiger charge is -2.40. The van der Waals surface area contributed by atoms with Crippen LogP contribution in [0.5, 0.6) is 5.75 Å². The van der Waals surface area contributed by atoms with Gasteiger partial charge < -0.3 is 44.1 Å². The predicted octanol–water partition coefficient (Wildman–Crippen LogP) is 9.74. The maximum absolute atomic E-state index is 17.1. The number of fused-ring (bicyclic) bond motifs is 5. The zero-order valence-corrected chi connectivity index (χ0v) is 49.4. The summed E-state index contributed by atoms with van der Waals surface area (Å²) in [5.41, 5.74) is 6.66. The minimum absolute atomic E-state index is 0. The molecule has 7 aliphatic rings. The number of thiazole rings is 1. The van der Waals surface area contributed by atoms with Crippen LogP contribution in [0.3, 0.4) is 0 Å². The van der Waals surface area contributed by atoms with Crippen molar-refractivity contribution >= 4 is 109 Å². The van der Waals surface area contributed by atoms with Gasteiger partial charge in [-0.1, -0.05) is 19.9 Å². The first-order valence-corrected chi connectivity index (χ1v) is 27.6. The van der Waals surface area contributed by atoms with Gasteiger partial charge in [0.05, 0.1) is 58.6 Å². The Morgan fingerprint density at radius 1 is 0.797 bits per heavy atom. The van der Waals surface area contributed by atoms with Gasteiger partial charge in [-0.3, -0.25) is 24.1 Å². The second kappa shape index (κ2) is 24.8. The number of ether oxygens (including phenoxy) is 5. The van der Waals surface area contributed by atoms with E-state index in [1.165, 1.54) is 14.2 Å². The molecular weight excluding hydrogens is 1090 g/mol. The molecule has 9 heterocycles. The Morgan fingerprint density at radius 3 is 2.09 bits per heavy atom. The molecule has 0 saturated carbocycles. The molecule has 426 valence electrons. The van der Waals surface area contributed by atoms with Gasteiger partial charge in [0.25, 0.3) is 0 Å². The lowest BCUT2D eigenvalue weighted by atomic mass is 9.82. The second-order valence-electron chi connectivity index (χ2n) is 22.1. The van der Waals surface area contributed by atoms with Crippen molar-refractivity contribution in [2.45, 2.75) is 134 Å². The van der Waals surface area contributed by atoms with Gasteiger partial charge in [-0.25, -0.2) is 19.0 Å². The molecule has 7 aliphatic heterocycles. The van der Waals surface area contributed by atoms with Gasteiger partial charge in [0.2, 0.25) is 18.0 Å². The summed E-state index contributed by atoms with van der Waals surface area (Å²) in [5.74, 6) is -0.318. The van der Waals surface area contributed by atoms with Gasteiger partial charge >= 0.3 is 12.2 Å². The largest absolute Gasteiger partial charge is 0.464 e. The van der Waals surface area contributed by atoms with Crippen molar-refractivity contribution in [3.05, 3.63) is 81.8 Å². The number of amides is 4. The van der Waals surface area contributed by atoms with Crippen molar-refractivity contribution in [2.75, 3.05) is 47.1 Å². The van der Waals surface area contributed by atoms with E-state index in [0.717, 1.165) is 87.4 Å². The molecule has 17 nitrogen and oxygen atoms in total. The highest BCUT2D eigenvalue weighted by Gasteiger charge is 2.44. The molecule has 6 atom stereocenters. The number of methoxy groups -OCH3 is 2. The van der Waals surface area contributed by atoms with Crippen molar-refractivity contribution in [3.8, 4) is 17.0 Å². The Balaban J connectivity index is 0.00000274. The van der Waals surface area contributed by atoms with Crippen LogP contribution in [0, 0.1) is 17.7 Å². The van der Waals surface area contributed by atoms with Gasteiger partial charge in [0.1, 0.15) is 23.7 Å². The monoisotopic (exact) mass is 1160 g/mol. The average molecular weight is 1160 g/mol. The number of halogens is 1. The molecule has 11 rings (SSSR count). The number of aliphatic imine (C=N–C) groups is 2. The smallest absolute Gasteiger partial charge is 0.407 e. The summed E-state index contributed by atoms with van der Waals surface area (Å²) >= 11 is 1.62. The topological polar surface area (TPSA) is 188 Å². The quantitative estimate of drug-likeness (QED) is 0.138. The minimum Gasteiger partial charge on any atom is -0.464 e. The Bertz CT molecular complexity index is 3100. The fourth-order valence-electron chi connectivity index (χ4n) is 12.5. The molecule has 79 heavy (non-hydrogen) atoms. The fourth-order valence-corrected chi connectivity index (χ4v) is 13.6. The van der Waals surface area contributed by atoms with Crippen molar-refractivity contribution < 1.29 is 47.3 Å². The van der Waals surface area contributed by atoms with Gasteiger partial charge in [0, 0.05) is 87.1 Å². The molecule has 4 aromatic rings. The number of alkyl carbamates (subject to hydrolysis) is 2. The summed E-state index contributed by atoms with van der Waals surface area (Å²) in [6.45, 7) is 10.8. The zero-order chi connectivity index (χ0) is 53.0. The van der Waals surface area contributed by atoms with Crippen LogP contribution in [0.4, 0.5) is 14.0 Å². The number of allylic oxidation sites excluding steroid dienone is 2. The molecule has 0 bridgehead atoms. The summed E-state index contributed by atoms with van der Waals surface area (Å²) in [7, 11) is 2.59. The predicted molar refractivity (Wildman–Crippen MR) is 318 cm³/mol. The van der Waals surface area contributed by atoms with Gasteiger partial charge in [-0.15, -0.1) is 11.3 Å². The number of carbonyl (C=O) groups is 4. The van der Waals surface area contributed by atoms with Crippen LogP contribution >= 0.6 is 51.8 Å². The van der Waals surface area contributed by atoms with E-state index in [9.17, 15) is 19.2 Å². The molecule has 2 N–H and O–H groups in total. The molecule has 2 aromatic heterocycles. The lowest BCUT2D eigenvalue weighted by Crippen LogP contribution is -2.56. The van der Waals surface area contributed by atoms with Crippen LogP contribution in [-0.2, 0) is 28.5 Å². The first-order valence-electron chi connectivity index (χ1n) is 26.8. The van der Waals surface area contributed by atoms with Crippen molar-refractivity contribution in [1.82, 2.24) is 30.0 Å². The van der Waals surface area contributed by atoms with Crippen LogP contribution < -0.4 is 15.4 Å². The summed E-state index contributed by atoms with van der Waals surface area (Å²) in [5, 5.41) is 7.54. The number of hydrogen-bond donors (Lipinski definition) is 2. The van der Waals surface area contributed by atoms with E-state index in [2.05, 4.69) is 33.4 Å². The van der Waals surface area contributed by atoms with E-state index >= 15 is 4.39 Å². The summed E-state index contributed by atoms with van der Waals surface area (Å²) in [6.07, 6.45) is 10.8. The van der Waals surface area contributed by atoms with Crippen LogP contribution in [0.15, 0.2) is 65.0 Å². The standard InChI is InChI=1S/C57H67FN8O9S.3H2S/c1-31(2)49(62-55(69)71-5)52(67)64-16-7-9-43(64)41-24-38(29-60-41)35-22-39(58)48-45-25-36-21-33(11-12-42(36)66(45)54(75-46(48)26-35)47-30-61-51(76-47)32-13-18-73-19-14-32)37-23-40(59-28-37)44-10-8-17-65(44)53(68)50(63-56(70)72-6)34-15-20-74-57(3,4)27-34;;;/h11-12,21-22,25-26,28-32,34,43-44,49-50,54H,7-10,13-20,23-24,27H2,1-6H3,(H,62,69)(H,63,70);3*1H2/t34?,43-,44-,49-,50?,54?;;;/m0.../s1. The molecule has 4 amide bonds. The summed E-state index contributed by atoms with van der Waals surface area (Å²) in [6, 6.07) is 9.80. The van der Waals surface area contributed by atoms with E-state index in [0.29, 0.717) is 81.2 Å². The molecule has 22 heteroatoms. The molecule has 4 saturated heterocycles. The Labute approximate surface area is 485 Å². The van der Waals surface area contributed by atoms with Crippen LogP contribution in [-0.4, -0.2) is 132 Å². The normalized spacial score (nSPS) is 23.1. The Kier molecular flexibility index (Phi) is 18.7. The maximum atomic E-state index is 17.1. The van der Waals surface area contributed by atoms with Crippen LogP contribution in [0.1, 0.15) is 125 Å². The number of benzene rings is 2. The third-order valence-electron chi connectivity index (χ3n) is 16.4. The van der Waals surface area contributed by atoms with E-state index in [1.54, 1.807) is 23.6 Å². The summed E-state index contributed by atoms with van der Waals surface area (Å²) < 4.78 is 47.7. The maximum Gasteiger partial charge on any atom is 0.407 e. The number of carbonyl (C=O) groups excluding carboxylic acids is 4. The lowest BCUT2D eigenvalue weighted by molar-refractivity contribution is -0.138. The number of hydrogen-bond acceptors (Lipinski definition) is 13. The van der Waals surface area contributed by atoms with E-state index in [4.69, 9.17) is 38.7 Å². The highest BCUT2D eigenvalue weighted by molar-refractivity contribution is 7.59. The Hall–Kier alpha value is -5.39. The molecule has 4 fully saturated rings. The minimum atomic E-state index is -0.752. The summed E-state index contributed by atoms with van der Waals surface area (Å²) in [4.78, 5) is 72.6. The van der Waals surface area contributed by atoms with E-state index in [-0.39, 0.29) is 82.1 Å². The average Bonchev–Trinajstić information content (AvgIpc) is 4.47. The first-order chi connectivity index (χ1) is 36.7. The van der Waals surface area contributed by atoms with Crippen LogP contribution in [0.25, 0.3) is 33.3 Å². The third-order valence-corrected chi connectivity index (χ3v) is 17.6. The first kappa shape index (κ1) is 59.7. The molecule has 0 aliphatic carbocycles. The third kappa shape index (κ3) is 11.9. The highest BCUT2D eigenvalue weighted by Crippen LogP contribution is 2.49. The van der Waals surface area contributed by atoms with E-state index < -0.39 is 41.9 Å². The number of nitrogens with one attached hydrogen (secondary N) is 2. The van der Waals surface area contributed by atoms with Gasteiger partial charge in [-0.05, 0) is 130 Å². The number of nitrogens with zero attached hydrogens (tertiary/aromatic N) is 6. The Morgan fingerprint density at radius 2 is 1.44 bits per heavy atom. The highest BCUT2D eigenvalue weighted by atomic mass is 32.1. The van der Waals surface area contributed by atoms with Gasteiger partial charge in [-0.2, -0.15) is 40.5 Å². The number of rotatable bonds is 12. The van der Waals surface area contributed by atoms with Gasteiger partial charge in [0.15, 0.2) is 0 Å². The fraction of sp³-hybridized carbons (Fsp3) is 0.526. The van der Waals surface area contributed by atoms with Crippen molar-refractivity contribution in [2.24, 2.45) is 21.8 Å². The molecular formula is C57H73FN8O9S4. The van der Waals surface area contributed by atoms with E-state index in [1.807, 2.05) is 62.0 Å².